The Balaban J connectivity index is 1.97. The zero-order valence-electron chi connectivity index (χ0n) is 11.4. The molecule has 2 rings (SSSR count). The number of ether oxygens (including phenoxy) is 1. The Kier molecular flexibility index (Phi) is 5.03. The first-order chi connectivity index (χ1) is 9.60. The number of rotatable bonds is 5. The number of esters is 1. The maximum atomic E-state index is 11.5. The van der Waals surface area contributed by atoms with Gasteiger partial charge in [-0.25, -0.2) is 9.78 Å². The molecule has 0 aliphatic heterocycles. The van der Waals surface area contributed by atoms with E-state index >= 15 is 0 Å². The van der Waals surface area contributed by atoms with Crippen molar-refractivity contribution < 1.29 is 9.53 Å². The predicted molar refractivity (Wildman–Crippen MR) is 83.2 cm³/mol. The van der Waals surface area contributed by atoms with E-state index in [-0.39, 0.29) is 5.97 Å². The van der Waals surface area contributed by atoms with Crippen LogP contribution in [0.5, 0.6) is 0 Å². The molecule has 0 atom stereocenters. The molecule has 0 amide bonds. The molecule has 6 heteroatoms. The molecule has 0 saturated carbocycles. The first-order valence-corrected chi connectivity index (χ1v) is 8.07. The molecule has 0 bridgehead atoms. The van der Waals surface area contributed by atoms with Crippen molar-refractivity contribution in [2.24, 2.45) is 0 Å². The third-order valence-corrected chi connectivity index (χ3v) is 4.53. The van der Waals surface area contributed by atoms with E-state index in [1.165, 1.54) is 11.3 Å². The van der Waals surface area contributed by atoms with E-state index in [2.05, 4.69) is 11.1 Å². The van der Waals surface area contributed by atoms with Gasteiger partial charge < -0.3 is 10.5 Å². The lowest BCUT2D eigenvalue weighted by Gasteiger charge is -2.03. The maximum Gasteiger partial charge on any atom is 0.367 e. The number of thioether (sulfide) groups is 1. The third kappa shape index (κ3) is 3.74. The van der Waals surface area contributed by atoms with Crippen LogP contribution < -0.4 is 5.73 Å². The van der Waals surface area contributed by atoms with Crippen molar-refractivity contribution >= 4 is 34.8 Å². The standard InChI is InChI=1S/C14H16N2O2S2/c1-3-18-14(17)13-16-10(8-20-13)7-19-11-4-5-12(15)9(2)6-11/h4-6,8H,3,7,15H2,1-2H3. The van der Waals surface area contributed by atoms with Gasteiger partial charge in [0.15, 0.2) is 0 Å². The molecular weight excluding hydrogens is 292 g/mol. The lowest BCUT2D eigenvalue weighted by atomic mass is 10.2. The number of nitrogen functional groups attached to an aromatic ring is 1. The van der Waals surface area contributed by atoms with Gasteiger partial charge in [0.05, 0.1) is 12.3 Å². The van der Waals surface area contributed by atoms with Crippen LogP contribution in [-0.4, -0.2) is 17.6 Å². The highest BCUT2D eigenvalue weighted by Crippen LogP contribution is 2.26. The number of anilines is 1. The minimum atomic E-state index is -0.350. The Labute approximate surface area is 126 Å². The normalized spacial score (nSPS) is 10.5. The summed E-state index contributed by atoms with van der Waals surface area (Å²) in [4.78, 5) is 16.9. The summed E-state index contributed by atoms with van der Waals surface area (Å²) in [7, 11) is 0. The van der Waals surface area contributed by atoms with E-state index in [0.29, 0.717) is 11.6 Å². The van der Waals surface area contributed by atoms with Crippen LogP contribution in [0.4, 0.5) is 5.69 Å². The van der Waals surface area contributed by atoms with Crippen molar-refractivity contribution in [1.29, 1.82) is 0 Å². The SMILES string of the molecule is CCOC(=O)c1nc(CSc2ccc(N)c(C)c2)cs1. The minimum absolute atomic E-state index is 0.350. The number of hydrogen-bond donors (Lipinski definition) is 1. The molecule has 2 aromatic rings. The number of carbonyl (C=O) groups is 1. The summed E-state index contributed by atoms with van der Waals surface area (Å²) < 4.78 is 4.92. The number of nitrogens with two attached hydrogens (primary N) is 1. The molecule has 0 radical (unpaired) electrons. The third-order valence-electron chi connectivity index (χ3n) is 2.63. The van der Waals surface area contributed by atoms with E-state index in [9.17, 15) is 4.79 Å². The van der Waals surface area contributed by atoms with Crippen LogP contribution in [0, 0.1) is 6.92 Å². The van der Waals surface area contributed by atoms with Crippen LogP contribution in [0.3, 0.4) is 0 Å². The fourth-order valence-electron chi connectivity index (χ4n) is 1.56. The highest BCUT2D eigenvalue weighted by Gasteiger charge is 2.12. The van der Waals surface area contributed by atoms with Crippen LogP contribution >= 0.6 is 23.1 Å². The Morgan fingerprint density at radius 1 is 1.50 bits per heavy atom. The molecule has 20 heavy (non-hydrogen) atoms. The Morgan fingerprint density at radius 3 is 3.00 bits per heavy atom. The Hall–Kier alpha value is -1.53. The van der Waals surface area contributed by atoms with E-state index in [1.807, 2.05) is 24.4 Å². The van der Waals surface area contributed by atoms with Crippen LogP contribution in [0.1, 0.15) is 28.0 Å². The van der Waals surface area contributed by atoms with E-state index in [0.717, 1.165) is 27.6 Å². The Morgan fingerprint density at radius 2 is 2.30 bits per heavy atom. The smallest absolute Gasteiger partial charge is 0.367 e. The molecule has 0 saturated heterocycles. The van der Waals surface area contributed by atoms with Crippen LogP contribution in [-0.2, 0) is 10.5 Å². The van der Waals surface area contributed by atoms with Crippen LogP contribution in [0.15, 0.2) is 28.5 Å². The first-order valence-electron chi connectivity index (χ1n) is 6.20. The predicted octanol–water partition coefficient (Wildman–Crippen LogP) is 3.50. The molecule has 4 nitrogen and oxygen atoms in total. The number of aromatic nitrogens is 1. The summed E-state index contributed by atoms with van der Waals surface area (Å²) in [5.74, 6) is 0.372. The van der Waals surface area contributed by atoms with Gasteiger partial charge in [-0.1, -0.05) is 0 Å². The Bertz CT molecular complexity index is 611. The van der Waals surface area contributed by atoms with Gasteiger partial charge in [0.2, 0.25) is 5.01 Å². The molecule has 0 aliphatic carbocycles. The molecule has 1 heterocycles. The maximum absolute atomic E-state index is 11.5. The highest BCUT2D eigenvalue weighted by atomic mass is 32.2. The van der Waals surface area contributed by atoms with Gasteiger partial charge in [-0.3, -0.25) is 0 Å². The van der Waals surface area contributed by atoms with Gasteiger partial charge in [-0.15, -0.1) is 23.1 Å². The average Bonchev–Trinajstić information content (AvgIpc) is 2.89. The molecular formula is C14H16N2O2S2. The minimum Gasteiger partial charge on any atom is -0.461 e. The van der Waals surface area contributed by atoms with E-state index in [1.54, 1.807) is 18.7 Å². The highest BCUT2D eigenvalue weighted by molar-refractivity contribution is 7.98. The van der Waals surface area contributed by atoms with Crippen molar-refractivity contribution in [3.8, 4) is 0 Å². The van der Waals surface area contributed by atoms with E-state index < -0.39 is 0 Å². The van der Waals surface area contributed by atoms with Crippen molar-refractivity contribution in [2.45, 2.75) is 24.5 Å². The van der Waals surface area contributed by atoms with Gasteiger partial charge in [-0.05, 0) is 37.6 Å². The summed E-state index contributed by atoms with van der Waals surface area (Å²) in [6, 6.07) is 5.95. The zero-order valence-corrected chi connectivity index (χ0v) is 13.0. The van der Waals surface area contributed by atoms with Crippen LogP contribution in [0.2, 0.25) is 0 Å². The van der Waals surface area contributed by atoms with Gasteiger partial charge in [0, 0.05) is 21.7 Å². The van der Waals surface area contributed by atoms with Crippen LogP contribution in [0.25, 0.3) is 0 Å². The fraction of sp³-hybridized carbons (Fsp3) is 0.286. The lowest BCUT2D eigenvalue weighted by molar-refractivity contribution is 0.0525. The van der Waals surface area contributed by atoms with Crippen molar-refractivity contribution in [1.82, 2.24) is 4.98 Å². The van der Waals surface area contributed by atoms with Crippen molar-refractivity contribution in [3.05, 3.63) is 39.8 Å². The molecule has 1 aromatic carbocycles. The molecule has 1 aromatic heterocycles. The van der Waals surface area contributed by atoms with Gasteiger partial charge in [0.1, 0.15) is 0 Å². The zero-order chi connectivity index (χ0) is 14.5. The summed E-state index contributed by atoms with van der Waals surface area (Å²) in [5.41, 5.74) is 8.54. The summed E-state index contributed by atoms with van der Waals surface area (Å²) in [6.07, 6.45) is 0. The van der Waals surface area contributed by atoms with Gasteiger partial charge in [0.25, 0.3) is 0 Å². The summed E-state index contributed by atoms with van der Waals surface area (Å²) in [6.45, 7) is 4.14. The topological polar surface area (TPSA) is 65.2 Å². The number of aryl methyl sites for hydroxylation is 1. The second-order valence-electron chi connectivity index (χ2n) is 4.17. The lowest BCUT2D eigenvalue weighted by Crippen LogP contribution is -2.03. The number of hydrogen-bond acceptors (Lipinski definition) is 6. The second-order valence-corrected chi connectivity index (χ2v) is 6.08. The molecule has 0 spiro atoms. The number of thiazole rings is 1. The fourth-order valence-corrected chi connectivity index (χ4v) is 3.26. The molecule has 0 aliphatic rings. The number of benzene rings is 1. The molecule has 106 valence electrons. The first kappa shape index (κ1) is 14.9. The number of carbonyl (C=O) groups excluding carboxylic acids is 1. The molecule has 2 N–H and O–H groups in total. The van der Waals surface area contributed by atoms with Crippen molar-refractivity contribution in [2.75, 3.05) is 12.3 Å². The van der Waals surface area contributed by atoms with Gasteiger partial charge >= 0.3 is 5.97 Å². The second kappa shape index (κ2) is 6.76. The average molecular weight is 308 g/mol. The van der Waals surface area contributed by atoms with E-state index in [4.69, 9.17) is 10.5 Å². The number of nitrogens with zero attached hydrogens (tertiary/aromatic N) is 1. The summed E-state index contributed by atoms with van der Waals surface area (Å²) >= 11 is 2.99. The molecule has 0 unspecified atom stereocenters. The summed E-state index contributed by atoms with van der Waals surface area (Å²) in [5, 5.41) is 2.31. The molecule has 0 fully saturated rings. The monoisotopic (exact) mass is 308 g/mol. The largest absolute Gasteiger partial charge is 0.461 e. The van der Waals surface area contributed by atoms with Crippen molar-refractivity contribution in [3.63, 3.8) is 0 Å². The quantitative estimate of drug-likeness (QED) is 0.520. The van der Waals surface area contributed by atoms with Gasteiger partial charge in [-0.2, -0.15) is 0 Å².